The van der Waals surface area contributed by atoms with Crippen LogP contribution in [0.3, 0.4) is 0 Å². The number of anilines is 1. The highest BCUT2D eigenvalue weighted by atomic mass is 32.1. The molecule has 0 unspecified atom stereocenters. The first-order valence-corrected chi connectivity index (χ1v) is 6.42. The van der Waals surface area contributed by atoms with Gasteiger partial charge in [0.15, 0.2) is 12.4 Å². The van der Waals surface area contributed by atoms with Crippen molar-refractivity contribution >= 4 is 29.0 Å². The maximum atomic E-state index is 11.5. The minimum absolute atomic E-state index is 0.175. The second-order valence-electron chi connectivity index (χ2n) is 3.79. The van der Waals surface area contributed by atoms with Gasteiger partial charge in [0.1, 0.15) is 5.76 Å². The van der Waals surface area contributed by atoms with Crippen molar-refractivity contribution in [2.24, 2.45) is 0 Å². The van der Waals surface area contributed by atoms with Gasteiger partial charge in [-0.1, -0.05) is 11.2 Å². The van der Waals surface area contributed by atoms with Gasteiger partial charge in [-0.2, -0.15) is 0 Å². The van der Waals surface area contributed by atoms with Gasteiger partial charge >= 0.3 is 5.97 Å². The first-order chi connectivity index (χ1) is 9.13. The zero-order valence-electron chi connectivity index (χ0n) is 10.2. The summed E-state index contributed by atoms with van der Waals surface area (Å²) < 4.78 is 9.64. The fraction of sp³-hybridized carbons (Fsp3) is 0.250. The van der Waals surface area contributed by atoms with E-state index in [4.69, 9.17) is 9.26 Å². The molecule has 1 amide bonds. The van der Waals surface area contributed by atoms with E-state index in [1.54, 1.807) is 13.0 Å². The van der Waals surface area contributed by atoms with Gasteiger partial charge < -0.3 is 14.6 Å². The standard InChI is InChI=1S/C12H12N2O4S/c1-8-5-10(14-18-8)13-11(15)7-17-12(16)6-9-3-2-4-19-9/h2-5H,6-7H2,1H3,(H,13,14,15). The molecule has 2 heterocycles. The normalized spacial score (nSPS) is 10.2. The average Bonchev–Trinajstić information content (AvgIpc) is 2.99. The molecule has 2 aromatic heterocycles. The van der Waals surface area contributed by atoms with Crippen molar-refractivity contribution in [1.82, 2.24) is 5.16 Å². The van der Waals surface area contributed by atoms with Gasteiger partial charge in [0.25, 0.3) is 5.91 Å². The van der Waals surface area contributed by atoms with E-state index in [0.29, 0.717) is 11.6 Å². The van der Waals surface area contributed by atoms with Crippen LogP contribution < -0.4 is 5.32 Å². The molecule has 1 N–H and O–H groups in total. The fourth-order valence-electron chi connectivity index (χ4n) is 1.36. The Labute approximate surface area is 113 Å². The fourth-order valence-corrected chi connectivity index (χ4v) is 2.05. The van der Waals surface area contributed by atoms with Crippen molar-refractivity contribution < 1.29 is 18.8 Å². The van der Waals surface area contributed by atoms with Crippen molar-refractivity contribution in [2.45, 2.75) is 13.3 Å². The molecule has 0 atom stereocenters. The minimum atomic E-state index is -0.451. The van der Waals surface area contributed by atoms with E-state index in [0.717, 1.165) is 4.88 Å². The molecule has 0 saturated heterocycles. The lowest BCUT2D eigenvalue weighted by Crippen LogP contribution is -2.21. The van der Waals surface area contributed by atoms with E-state index in [2.05, 4.69) is 10.5 Å². The number of nitrogens with zero attached hydrogens (tertiary/aromatic N) is 1. The highest BCUT2D eigenvalue weighted by Gasteiger charge is 2.10. The number of ether oxygens (including phenoxy) is 1. The first-order valence-electron chi connectivity index (χ1n) is 5.54. The minimum Gasteiger partial charge on any atom is -0.455 e. The SMILES string of the molecule is Cc1cc(NC(=O)COC(=O)Cc2cccs2)no1. The van der Waals surface area contributed by atoms with E-state index in [9.17, 15) is 9.59 Å². The Morgan fingerprint density at radius 1 is 1.53 bits per heavy atom. The molecule has 0 saturated carbocycles. The summed E-state index contributed by atoms with van der Waals surface area (Å²) in [4.78, 5) is 23.8. The zero-order valence-corrected chi connectivity index (χ0v) is 11.0. The molecular formula is C12H12N2O4S. The number of rotatable bonds is 5. The monoisotopic (exact) mass is 280 g/mol. The van der Waals surface area contributed by atoms with Crippen LogP contribution in [0.5, 0.6) is 0 Å². The van der Waals surface area contributed by atoms with E-state index in [-0.39, 0.29) is 13.0 Å². The number of aryl methyl sites for hydroxylation is 1. The Hall–Kier alpha value is -2.15. The second-order valence-corrected chi connectivity index (χ2v) is 4.82. The third-order valence-electron chi connectivity index (χ3n) is 2.16. The van der Waals surface area contributed by atoms with E-state index in [1.807, 2.05) is 17.5 Å². The van der Waals surface area contributed by atoms with Gasteiger partial charge in [0, 0.05) is 10.9 Å². The van der Waals surface area contributed by atoms with Crippen molar-refractivity contribution in [1.29, 1.82) is 0 Å². The topological polar surface area (TPSA) is 81.4 Å². The second kappa shape index (κ2) is 6.14. The predicted octanol–water partition coefficient (Wildman–Crippen LogP) is 1.77. The highest BCUT2D eigenvalue weighted by Crippen LogP contribution is 2.10. The lowest BCUT2D eigenvalue weighted by atomic mass is 10.3. The Bertz CT molecular complexity index is 562. The van der Waals surface area contributed by atoms with Crippen LogP contribution in [0.25, 0.3) is 0 Å². The molecule has 0 aliphatic carbocycles. The van der Waals surface area contributed by atoms with E-state index < -0.39 is 11.9 Å². The summed E-state index contributed by atoms with van der Waals surface area (Å²) in [5.41, 5.74) is 0. The molecule has 0 aliphatic heterocycles. The van der Waals surface area contributed by atoms with Crippen LogP contribution in [-0.2, 0) is 20.7 Å². The lowest BCUT2D eigenvalue weighted by Gasteiger charge is -2.03. The van der Waals surface area contributed by atoms with Gasteiger partial charge in [-0.05, 0) is 18.4 Å². The average molecular weight is 280 g/mol. The molecule has 0 radical (unpaired) electrons. The molecule has 0 fully saturated rings. The van der Waals surface area contributed by atoms with Gasteiger partial charge in [-0.15, -0.1) is 11.3 Å². The number of aromatic nitrogens is 1. The van der Waals surface area contributed by atoms with Crippen LogP contribution >= 0.6 is 11.3 Å². The number of amides is 1. The van der Waals surface area contributed by atoms with E-state index in [1.165, 1.54) is 11.3 Å². The largest absolute Gasteiger partial charge is 0.455 e. The van der Waals surface area contributed by atoms with Gasteiger partial charge in [-0.25, -0.2) is 0 Å². The van der Waals surface area contributed by atoms with Gasteiger partial charge in [0.2, 0.25) is 0 Å². The molecule has 19 heavy (non-hydrogen) atoms. The number of hydrogen-bond donors (Lipinski definition) is 1. The Balaban J connectivity index is 1.72. The maximum absolute atomic E-state index is 11.5. The van der Waals surface area contributed by atoms with Gasteiger partial charge in [-0.3, -0.25) is 9.59 Å². The summed E-state index contributed by atoms with van der Waals surface area (Å²) in [5.74, 6) is 0.00330. The summed E-state index contributed by atoms with van der Waals surface area (Å²) in [5, 5.41) is 7.93. The number of thiophene rings is 1. The summed E-state index contributed by atoms with van der Waals surface area (Å²) >= 11 is 1.47. The Kier molecular flexibility index (Phi) is 4.30. The number of hydrogen-bond acceptors (Lipinski definition) is 6. The molecule has 2 rings (SSSR count). The van der Waals surface area contributed by atoms with Crippen LogP contribution in [0.1, 0.15) is 10.6 Å². The number of nitrogens with one attached hydrogen (secondary N) is 1. The summed E-state index contributed by atoms with van der Waals surface area (Å²) in [6, 6.07) is 5.27. The quantitative estimate of drug-likeness (QED) is 0.844. The molecule has 6 nitrogen and oxygen atoms in total. The van der Waals surface area contributed by atoms with Crippen LogP contribution in [-0.4, -0.2) is 23.6 Å². The molecule has 2 aromatic rings. The summed E-state index contributed by atoms with van der Waals surface area (Å²) in [6.07, 6.45) is 0.175. The predicted molar refractivity (Wildman–Crippen MR) is 68.9 cm³/mol. The molecule has 0 bridgehead atoms. The van der Waals surface area contributed by atoms with Crippen LogP contribution in [0.4, 0.5) is 5.82 Å². The number of carbonyl (C=O) groups excluding carboxylic acids is 2. The number of carbonyl (C=O) groups is 2. The van der Waals surface area contributed by atoms with E-state index >= 15 is 0 Å². The lowest BCUT2D eigenvalue weighted by molar-refractivity contribution is -0.146. The number of esters is 1. The molecule has 0 aliphatic rings. The molecular weight excluding hydrogens is 268 g/mol. The third kappa shape index (κ3) is 4.22. The molecule has 7 heteroatoms. The summed E-state index contributed by atoms with van der Waals surface area (Å²) in [6.45, 7) is 1.37. The van der Waals surface area contributed by atoms with Crippen LogP contribution in [0.2, 0.25) is 0 Å². The van der Waals surface area contributed by atoms with Crippen molar-refractivity contribution in [3.63, 3.8) is 0 Å². The Morgan fingerprint density at radius 2 is 2.37 bits per heavy atom. The Morgan fingerprint density at radius 3 is 3.00 bits per heavy atom. The van der Waals surface area contributed by atoms with Gasteiger partial charge in [0.05, 0.1) is 6.42 Å². The summed E-state index contributed by atoms with van der Waals surface area (Å²) in [7, 11) is 0. The molecule has 0 aromatic carbocycles. The van der Waals surface area contributed by atoms with Crippen LogP contribution in [0.15, 0.2) is 28.1 Å². The first kappa shape index (κ1) is 13.3. The maximum Gasteiger partial charge on any atom is 0.311 e. The van der Waals surface area contributed by atoms with Crippen LogP contribution in [0, 0.1) is 6.92 Å². The van der Waals surface area contributed by atoms with Crippen molar-refractivity contribution in [3.05, 3.63) is 34.2 Å². The molecule has 0 spiro atoms. The zero-order chi connectivity index (χ0) is 13.7. The van der Waals surface area contributed by atoms with Crippen molar-refractivity contribution in [3.8, 4) is 0 Å². The third-order valence-corrected chi connectivity index (χ3v) is 3.03. The van der Waals surface area contributed by atoms with Crippen molar-refractivity contribution in [2.75, 3.05) is 11.9 Å². The highest BCUT2D eigenvalue weighted by molar-refractivity contribution is 7.10. The molecule has 100 valence electrons. The smallest absolute Gasteiger partial charge is 0.311 e.